The van der Waals surface area contributed by atoms with Gasteiger partial charge in [-0.15, -0.1) is 0 Å². The lowest BCUT2D eigenvalue weighted by molar-refractivity contribution is -0.384. The van der Waals surface area contributed by atoms with Crippen molar-refractivity contribution in [1.82, 2.24) is 5.32 Å². The molecule has 0 atom stereocenters. The smallest absolute Gasteiger partial charge is 0.273 e. The van der Waals surface area contributed by atoms with Gasteiger partial charge in [-0.3, -0.25) is 10.1 Å². The Hall–Kier alpha value is -2.38. The number of methoxy groups -OCH3 is 1. The van der Waals surface area contributed by atoms with Crippen molar-refractivity contribution >= 4 is 40.3 Å². The summed E-state index contributed by atoms with van der Waals surface area (Å²) in [5.41, 5.74) is 1.39. The number of ether oxygens (including phenoxy) is 1. The lowest BCUT2D eigenvalue weighted by Gasteiger charge is -2.13. The summed E-state index contributed by atoms with van der Waals surface area (Å²) >= 11 is 11.3. The molecule has 0 fully saturated rings. The summed E-state index contributed by atoms with van der Waals surface area (Å²) in [4.78, 5) is 10.3. The Morgan fingerprint density at radius 1 is 1.35 bits per heavy atom. The molecule has 6 nitrogen and oxygen atoms in total. The maximum absolute atomic E-state index is 10.8. The van der Waals surface area contributed by atoms with Gasteiger partial charge in [0, 0.05) is 17.6 Å². The van der Waals surface area contributed by atoms with Gasteiger partial charge >= 0.3 is 0 Å². The summed E-state index contributed by atoms with van der Waals surface area (Å²) in [7, 11) is 1.43. The summed E-state index contributed by atoms with van der Waals surface area (Å²) in [5, 5.41) is 17.8. The maximum atomic E-state index is 10.8. The number of anilines is 1. The molecule has 23 heavy (non-hydrogen) atoms. The van der Waals surface area contributed by atoms with Gasteiger partial charge in [-0.25, -0.2) is 0 Å². The average molecular weight is 352 g/mol. The van der Waals surface area contributed by atoms with E-state index in [1.54, 1.807) is 12.1 Å². The van der Waals surface area contributed by atoms with Crippen molar-refractivity contribution in [3.05, 3.63) is 63.2 Å². The third-order valence-corrected chi connectivity index (χ3v) is 3.66. The maximum Gasteiger partial charge on any atom is 0.273 e. The summed E-state index contributed by atoms with van der Waals surface area (Å²) in [6.45, 7) is 0.459. The van der Waals surface area contributed by atoms with Crippen LogP contribution in [0.15, 0.2) is 42.5 Å². The van der Waals surface area contributed by atoms with Gasteiger partial charge in [-0.05, 0) is 29.9 Å². The van der Waals surface area contributed by atoms with Crippen LogP contribution in [0.1, 0.15) is 5.56 Å². The van der Waals surface area contributed by atoms with E-state index < -0.39 is 4.92 Å². The van der Waals surface area contributed by atoms with Crippen LogP contribution in [0.4, 0.5) is 11.4 Å². The molecule has 0 aliphatic carbocycles. The second-order valence-corrected chi connectivity index (χ2v) is 5.36. The number of thiocarbonyl (C=S) groups is 1. The van der Waals surface area contributed by atoms with E-state index in [9.17, 15) is 10.1 Å². The molecule has 0 amide bonds. The van der Waals surface area contributed by atoms with Crippen LogP contribution in [0.3, 0.4) is 0 Å². The Kier molecular flexibility index (Phi) is 5.72. The number of nitro benzene ring substituents is 1. The largest absolute Gasteiger partial charge is 0.494 e. The fourth-order valence-corrected chi connectivity index (χ4v) is 2.27. The molecule has 2 aromatic carbocycles. The molecular weight excluding hydrogens is 338 g/mol. The first kappa shape index (κ1) is 17.0. The van der Waals surface area contributed by atoms with Gasteiger partial charge in [0.2, 0.25) is 0 Å². The standard InChI is InChI=1S/C15H14ClN3O3S/c1-22-14-8-11(19(20)21)6-7-13(14)18-15(23)17-9-10-4-2-3-5-12(10)16/h2-8H,9H2,1H3,(H2,17,18,23). The number of hydrogen-bond donors (Lipinski definition) is 2. The molecule has 0 saturated carbocycles. The zero-order chi connectivity index (χ0) is 16.8. The minimum atomic E-state index is -0.486. The number of halogens is 1. The minimum Gasteiger partial charge on any atom is -0.494 e. The average Bonchev–Trinajstić information content (AvgIpc) is 2.54. The van der Waals surface area contributed by atoms with Crippen LogP contribution in [-0.2, 0) is 6.54 Å². The van der Waals surface area contributed by atoms with Crippen LogP contribution >= 0.6 is 23.8 Å². The van der Waals surface area contributed by atoms with E-state index in [-0.39, 0.29) is 5.69 Å². The predicted octanol–water partition coefficient (Wildman–Crippen LogP) is 3.74. The molecule has 2 N–H and O–H groups in total. The van der Waals surface area contributed by atoms with Crippen LogP contribution < -0.4 is 15.4 Å². The Bertz CT molecular complexity index is 740. The highest BCUT2D eigenvalue weighted by Crippen LogP contribution is 2.28. The normalized spacial score (nSPS) is 10.0. The molecule has 120 valence electrons. The van der Waals surface area contributed by atoms with Gasteiger partial charge in [0.25, 0.3) is 5.69 Å². The van der Waals surface area contributed by atoms with Crippen LogP contribution in [0.25, 0.3) is 0 Å². The molecule has 0 unspecified atom stereocenters. The minimum absolute atomic E-state index is 0.0534. The molecule has 0 aromatic heterocycles. The van der Waals surface area contributed by atoms with E-state index in [0.717, 1.165) is 5.56 Å². The Morgan fingerprint density at radius 3 is 2.74 bits per heavy atom. The van der Waals surface area contributed by atoms with E-state index in [4.69, 9.17) is 28.6 Å². The van der Waals surface area contributed by atoms with E-state index in [2.05, 4.69) is 10.6 Å². The lowest BCUT2D eigenvalue weighted by atomic mass is 10.2. The first-order chi connectivity index (χ1) is 11.0. The summed E-state index contributed by atoms with van der Waals surface area (Å²) in [5.74, 6) is 0.334. The van der Waals surface area contributed by atoms with E-state index in [1.807, 2.05) is 18.2 Å². The molecule has 2 aromatic rings. The second kappa shape index (κ2) is 7.75. The Labute approximate surface area is 143 Å². The molecule has 2 rings (SSSR count). The van der Waals surface area contributed by atoms with Crippen molar-refractivity contribution in [2.75, 3.05) is 12.4 Å². The molecule has 0 spiro atoms. The summed E-state index contributed by atoms with van der Waals surface area (Å²) < 4.78 is 5.14. The number of nitro groups is 1. The molecule has 0 radical (unpaired) electrons. The Balaban J connectivity index is 2.03. The SMILES string of the molecule is COc1cc([N+](=O)[O-])ccc1NC(=S)NCc1ccccc1Cl. The van der Waals surface area contributed by atoms with Gasteiger partial charge in [-0.2, -0.15) is 0 Å². The van der Waals surface area contributed by atoms with Crippen molar-refractivity contribution in [2.24, 2.45) is 0 Å². The predicted molar refractivity (Wildman–Crippen MR) is 94.2 cm³/mol. The third kappa shape index (κ3) is 4.54. The van der Waals surface area contributed by atoms with Gasteiger partial charge < -0.3 is 15.4 Å². The van der Waals surface area contributed by atoms with Crippen LogP contribution in [-0.4, -0.2) is 17.1 Å². The van der Waals surface area contributed by atoms with E-state index >= 15 is 0 Å². The van der Waals surface area contributed by atoms with Gasteiger partial charge in [0.15, 0.2) is 5.11 Å². The number of nitrogens with one attached hydrogen (secondary N) is 2. The highest BCUT2D eigenvalue weighted by Gasteiger charge is 2.12. The lowest BCUT2D eigenvalue weighted by Crippen LogP contribution is -2.28. The number of rotatable bonds is 5. The molecule has 0 aliphatic rings. The Morgan fingerprint density at radius 2 is 2.09 bits per heavy atom. The van der Waals surface area contributed by atoms with Gasteiger partial charge in [-0.1, -0.05) is 29.8 Å². The highest BCUT2D eigenvalue weighted by molar-refractivity contribution is 7.80. The zero-order valence-electron chi connectivity index (χ0n) is 12.2. The fraction of sp³-hybridized carbons (Fsp3) is 0.133. The van der Waals surface area contributed by atoms with Crippen molar-refractivity contribution in [1.29, 1.82) is 0 Å². The van der Waals surface area contributed by atoms with E-state index in [1.165, 1.54) is 19.2 Å². The second-order valence-electron chi connectivity index (χ2n) is 4.54. The molecule has 8 heteroatoms. The molecule has 0 heterocycles. The number of benzene rings is 2. The quantitative estimate of drug-likeness (QED) is 0.485. The molecule has 0 aliphatic heterocycles. The molecule has 0 saturated heterocycles. The first-order valence-electron chi connectivity index (χ1n) is 6.62. The van der Waals surface area contributed by atoms with Gasteiger partial charge in [0.1, 0.15) is 5.75 Å². The number of non-ortho nitro benzene ring substituents is 1. The van der Waals surface area contributed by atoms with Crippen molar-refractivity contribution in [3.8, 4) is 5.75 Å². The molecular formula is C15H14ClN3O3S. The van der Waals surface area contributed by atoms with Crippen LogP contribution in [0.5, 0.6) is 5.75 Å². The topological polar surface area (TPSA) is 76.4 Å². The first-order valence-corrected chi connectivity index (χ1v) is 7.40. The monoisotopic (exact) mass is 351 g/mol. The summed E-state index contributed by atoms with van der Waals surface area (Å²) in [6.07, 6.45) is 0. The van der Waals surface area contributed by atoms with Crippen molar-refractivity contribution in [2.45, 2.75) is 6.54 Å². The fourth-order valence-electron chi connectivity index (χ4n) is 1.88. The van der Waals surface area contributed by atoms with Crippen molar-refractivity contribution in [3.63, 3.8) is 0 Å². The van der Waals surface area contributed by atoms with Gasteiger partial charge in [0.05, 0.1) is 23.8 Å². The van der Waals surface area contributed by atoms with Crippen molar-refractivity contribution < 1.29 is 9.66 Å². The molecule has 0 bridgehead atoms. The van der Waals surface area contributed by atoms with Crippen LogP contribution in [0.2, 0.25) is 5.02 Å². The zero-order valence-corrected chi connectivity index (χ0v) is 13.8. The summed E-state index contributed by atoms with van der Waals surface area (Å²) in [6, 6.07) is 11.7. The van der Waals surface area contributed by atoms with Crippen LogP contribution in [0, 0.1) is 10.1 Å². The number of nitrogens with zero attached hydrogens (tertiary/aromatic N) is 1. The number of hydrogen-bond acceptors (Lipinski definition) is 4. The third-order valence-electron chi connectivity index (χ3n) is 3.04. The highest BCUT2D eigenvalue weighted by atomic mass is 35.5. The van der Waals surface area contributed by atoms with E-state index in [0.29, 0.717) is 28.1 Å².